The lowest BCUT2D eigenvalue weighted by atomic mass is 10.0. The highest BCUT2D eigenvalue weighted by molar-refractivity contribution is 7.92. The zero-order valence-electron chi connectivity index (χ0n) is 23.0. The van der Waals surface area contributed by atoms with Crippen LogP contribution in [0.4, 0.5) is 5.69 Å². The van der Waals surface area contributed by atoms with E-state index in [1.807, 2.05) is 25.1 Å². The molecule has 39 heavy (non-hydrogen) atoms. The highest BCUT2D eigenvalue weighted by atomic mass is 35.5. The molecule has 7 nitrogen and oxygen atoms in total. The molecule has 0 saturated carbocycles. The van der Waals surface area contributed by atoms with Gasteiger partial charge in [0.1, 0.15) is 12.6 Å². The van der Waals surface area contributed by atoms with Crippen molar-refractivity contribution in [2.45, 2.75) is 58.0 Å². The van der Waals surface area contributed by atoms with Gasteiger partial charge in [-0.3, -0.25) is 13.9 Å². The van der Waals surface area contributed by atoms with Crippen LogP contribution in [0.25, 0.3) is 0 Å². The van der Waals surface area contributed by atoms with Crippen molar-refractivity contribution in [3.63, 3.8) is 0 Å². The molecule has 9 heteroatoms. The number of sulfonamides is 1. The lowest BCUT2D eigenvalue weighted by Crippen LogP contribution is -2.51. The van der Waals surface area contributed by atoms with Gasteiger partial charge in [-0.25, -0.2) is 8.42 Å². The van der Waals surface area contributed by atoms with Crippen LogP contribution in [0.5, 0.6) is 0 Å². The van der Waals surface area contributed by atoms with E-state index in [2.05, 4.69) is 19.2 Å². The van der Waals surface area contributed by atoms with Gasteiger partial charge < -0.3 is 10.2 Å². The minimum absolute atomic E-state index is 0.0759. The summed E-state index contributed by atoms with van der Waals surface area (Å²) in [6.07, 6.45) is 0. The van der Waals surface area contributed by atoms with E-state index in [9.17, 15) is 18.0 Å². The molecule has 208 valence electrons. The molecule has 3 aromatic rings. The number of rotatable bonds is 11. The second kappa shape index (κ2) is 13.1. The number of nitrogens with one attached hydrogen (secondary N) is 1. The number of nitrogens with zero attached hydrogens (tertiary/aromatic N) is 2. The Morgan fingerprint density at radius 2 is 1.59 bits per heavy atom. The molecule has 0 aliphatic heterocycles. The second-order valence-corrected chi connectivity index (χ2v) is 12.1. The Labute approximate surface area is 236 Å². The smallest absolute Gasteiger partial charge is 0.264 e. The predicted molar refractivity (Wildman–Crippen MR) is 156 cm³/mol. The molecular formula is C30H36ClN3O4S. The van der Waals surface area contributed by atoms with Gasteiger partial charge in [-0.2, -0.15) is 0 Å². The molecule has 0 aliphatic rings. The molecule has 0 fully saturated rings. The van der Waals surface area contributed by atoms with Gasteiger partial charge in [0.25, 0.3) is 10.0 Å². The highest BCUT2D eigenvalue weighted by Gasteiger charge is 2.32. The summed E-state index contributed by atoms with van der Waals surface area (Å²) in [4.78, 5) is 28.1. The third-order valence-electron chi connectivity index (χ3n) is 6.50. The van der Waals surface area contributed by atoms with Crippen LogP contribution in [-0.4, -0.2) is 44.3 Å². The Morgan fingerprint density at radius 1 is 0.949 bits per heavy atom. The Kier molecular flexibility index (Phi) is 10.2. The van der Waals surface area contributed by atoms with Crippen molar-refractivity contribution >= 4 is 39.1 Å². The van der Waals surface area contributed by atoms with Crippen LogP contribution in [-0.2, 0) is 26.2 Å². The fourth-order valence-corrected chi connectivity index (χ4v) is 5.76. The number of carbonyl (C=O) groups excluding carboxylic acids is 2. The van der Waals surface area contributed by atoms with E-state index in [1.165, 1.54) is 17.0 Å². The molecule has 0 saturated heterocycles. The number of amides is 2. The molecule has 0 unspecified atom stereocenters. The van der Waals surface area contributed by atoms with Gasteiger partial charge in [0.15, 0.2) is 0 Å². The quantitative estimate of drug-likeness (QED) is 0.329. The average molecular weight is 570 g/mol. The van der Waals surface area contributed by atoms with Gasteiger partial charge >= 0.3 is 0 Å². The van der Waals surface area contributed by atoms with Gasteiger partial charge in [-0.15, -0.1) is 0 Å². The zero-order valence-corrected chi connectivity index (χ0v) is 24.6. The number of carbonyl (C=O) groups is 2. The van der Waals surface area contributed by atoms with Crippen LogP contribution in [0.15, 0.2) is 77.7 Å². The van der Waals surface area contributed by atoms with Crippen molar-refractivity contribution in [3.05, 3.63) is 94.5 Å². The first-order valence-electron chi connectivity index (χ1n) is 12.9. The molecule has 0 bridgehead atoms. The number of likely N-dealkylation sites (N-methyl/N-ethyl adjacent to an activating group) is 1. The normalized spacial score (nSPS) is 12.2. The Bertz CT molecular complexity index is 1390. The maximum Gasteiger partial charge on any atom is 0.264 e. The first kappa shape index (κ1) is 30.2. The monoisotopic (exact) mass is 569 g/mol. The number of halogens is 1. The van der Waals surface area contributed by atoms with Crippen molar-refractivity contribution in [2.75, 3.05) is 17.4 Å². The second-order valence-electron chi connectivity index (χ2n) is 9.79. The van der Waals surface area contributed by atoms with E-state index in [0.717, 1.165) is 21.0 Å². The fraction of sp³-hybridized carbons (Fsp3) is 0.333. The Balaban J connectivity index is 2.04. The minimum atomic E-state index is -4.10. The van der Waals surface area contributed by atoms with Crippen molar-refractivity contribution in [2.24, 2.45) is 0 Å². The van der Waals surface area contributed by atoms with Crippen LogP contribution in [0, 0.1) is 6.92 Å². The van der Waals surface area contributed by atoms with E-state index in [0.29, 0.717) is 17.3 Å². The molecule has 3 aromatic carbocycles. The first-order chi connectivity index (χ1) is 18.4. The summed E-state index contributed by atoms with van der Waals surface area (Å²) in [5.74, 6) is -0.589. The number of hydrogen-bond donors (Lipinski definition) is 1. The van der Waals surface area contributed by atoms with Gasteiger partial charge in [-0.1, -0.05) is 67.4 Å². The van der Waals surface area contributed by atoms with Crippen molar-refractivity contribution in [1.29, 1.82) is 0 Å². The summed E-state index contributed by atoms with van der Waals surface area (Å²) in [6, 6.07) is 19.8. The number of anilines is 1. The van der Waals surface area contributed by atoms with Crippen LogP contribution in [0.3, 0.4) is 0 Å². The first-order valence-corrected chi connectivity index (χ1v) is 14.8. The fourth-order valence-electron chi connectivity index (χ4n) is 4.13. The van der Waals surface area contributed by atoms with E-state index in [4.69, 9.17) is 11.6 Å². The minimum Gasteiger partial charge on any atom is -0.355 e. The third-order valence-corrected chi connectivity index (χ3v) is 8.52. The molecule has 1 N–H and O–H groups in total. The summed E-state index contributed by atoms with van der Waals surface area (Å²) in [6.45, 7) is 9.40. The SMILES string of the molecule is CCNC(=O)[C@@H](C)N(Cc1cccc(Cl)c1)C(=O)CN(c1ccc(C(C)C)cc1)S(=O)(=O)c1ccc(C)cc1. The summed E-state index contributed by atoms with van der Waals surface area (Å²) < 4.78 is 28.9. The number of benzene rings is 3. The summed E-state index contributed by atoms with van der Waals surface area (Å²) in [7, 11) is -4.10. The largest absolute Gasteiger partial charge is 0.355 e. The molecule has 0 radical (unpaired) electrons. The van der Waals surface area contributed by atoms with Crippen molar-refractivity contribution in [1.82, 2.24) is 10.2 Å². The summed E-state index contributed by atoms with van der Waals surface area (Å²) in [5, 5.41) is 3.25. The summed E-state index contributed by atoms with van der Waals surface area (Å²) in [5.41, 5.74) is 3.05. The third kappa shape index (κ3) is 7.61. The van der Waals surface area contributed by atoms with E-state index >= 15 is 0 Å². The highest BCUT2D eigenvalue weighted by Crippen LogP contribution is 2.27. The lowest BCUT2D eigenvalue weighted by Gasteiger charge is -2.32. The Hall–Kier alpha value is -3.36. The Morgan fingerprint density at radius 3 is 2.15 bits per heavy atom. The van der Waals surface area contributed by atoms with Crippen LogP contribution in [0.2, 0.25) is 5.02 Å². The molecule has 0 aromatic heterocycles. The predicted octanol–water partition coefficient (Wildman–Crippen LogP) is 5.52. The maximum atomic E-state index is 13.9. The summed E-state index contributed by atoms with van der Waals surface area (Å²) >= 11 is 6.17. The van der Waals surface area contributed by atoms with Gasteiger partial charge in [0.2, 0.25) is 11.8 Å². The number of aryl methyl sites for hydroxylation is 1. The van der Waals surface area contributed by atoms with E-state index in [1.54, 1.807) is 56.3 Å². The van der Waals surface area contributed by atoms with Crippen LogP contribution < -0.4 is 9.62 Å². The van der Waals surface area contributed by atoms with Crippen molar-refractivity contribution < 1.29 is 18.0 Å². The maximum absolute atomic E-state index is 13.9. The zero-order chi connectivity index (χ0) is 28.7. The topological polar surface area (TPSA) is 86.8 Å². The molecule has 0 aliphatic carbocycles. The van der Waals surface area contributed by atoms with Crippen LogP contribution >= 0.6 is 11.6 Å². The number of hydrogen-bond acceptors (Lipinski definition) is 4. The molecule has 0 spiro atoms. The average Bonchev–Trinajstić information content (AvgIpc) is 2.90. The lowest BCUT2D eigenvalue weighted by molar-refractivity contribution is -0.139. The molecular weight excluding hydrogens is 534 g/mol. The standard InChI is InChI=1S/C30H36ClN3O4S/c1-6-32-30(36)23(5)33(19-24-8-7-9-26(31)18-24)29(35)20-34(27-14-12-25(13-15-27)21(2)3)39(37,38)28-16-10-22(4)11-17-28/h7-18,21,23H,6,19-20H2,1-5H3,(H,32,36)/t23-/m1/s1. The molecule has 2 amide bonds. The molecule has 1 atom stereocenters. The van der Waals surface area contributed by atoms with Crippen LogP contribution in [0.1, 0.15) is 50.3 Å². The van der Waals surface area contributed by atoms with E-state index < -0.39 is 28.5 Å². The molecule has 0 heterocycles. The van der Waals surface area contributed by atoms with Gasteiger partial charge in [0.05, 0.1) is 10.6 Å². The van der Waals surface area contributed by atoms with Crippen molar-refractivity contribution in [3.8, 4) is 0 Å². The van der Waals surface area contributed by atoms with E-state index in [-0.39, 0.29) is 23.3 Å². The molecule has 3 rings (SSSR count). The van der Waals surface area contributed by atoms with Gasteiger partial charge in [-0.05, 0) is 74.2 Å². The van der Waals surface area contributed by atoms with Gasteiger partial charge in [0, 0.05) is 18.1 Å².